The second kappa shape index (κ2) is 7.78. The number of aryl methyl sites for hydroxylation is 1. The minimum absolute atomic E-state index is 0.415. The zero-order valence-corrected chi connectivity index (χ0v) is 13.0. The summed E-state index contributed by atoms with van der Waals surface area (Å²) < 4.78 is 7.59. The van der Waals surface area contributed by atoms with E-state index in [1.54, 1.807) is 6.33 Å². The Morgan fingerprint density at radius 1 is 1.24 bits per heavy atom. The number of nitrogens with zero attached hydrogens (tertiary/aromatic N) is 3. The molecule has 0 aliphatic rings. The first kappa shape index (κ1) is 15.5. The molecule has 2 rings (SSSR count). The van der Waals surface area contributed by atoms with Gasteiger partial charge in [0.25, 0.3) is 0 Å². The monoisotopic (exact) mass is 288 g/mol. The van der Waals surface area contributed by atoms with Crippen LogP contribution in [0.15, 0.2) is 30.6 Å². The molecule has 1 aromatic carbocycles. The summed E-state index contributed by atoms with van der Waals surface area (Å²) in [5.41, 5.74) is 1.30. The van der Waals surface area contributed by atoms with Gasteiger partial charge in [-0.2, -0.15) is 0 Å². The van der Waals surface area contributed by atoms with E-state index in [1.165, 1.54) is 5.56 Å². The van der Waals surface area contributed by atoms with E-state index in [0.717, 1.165) is 31.0 Å². The van der Waals surface area contributed by atoms with Crippen molar-refractivity contribution >= 4 is 0 Å². The molecule has 1 aromatic heterocycles. The van der Waals surface area contributed by atoms with Crippen LogP contribution >= 0.6 is 0 Å². The second-order valence-electron chi connectivity index (χ2n) is 5.13. The van der Waals surface area contributed by atoms with Crippen LogP contribution in [0.3, 0.4) is 0 Å². The summed E-state index contributed by atoms with van der Waals surface area (Å²) in [5.74, 6) is 1.67. The van der Waals surface area contributed by atoms with Crippen molar-refractivity contribution in [3.63, 3.8) is 0 Å². The molecule has 0 amide bonds. The summed E-state index contributed by atoms with van der Waals surface area (Å²) in [6.45, 7) is 5.86. The number of aromatic nitrogens is 3. The van der Waals surface area contributed by atoms with Crippen LogP contribution in [-0.4, -0.2) is 21.3 Å². The Hall–Kier alpha value is -1.88. The second-order valence-corrected chi connectivity index (χ2v) is 5.13. The molecule has 2 aromatic rings. The van der Waals surface area contributed by atoms with Crippen LogP contribution in [-0.2, 0) is 13.7 Å². The van der Waals surface area contributed by atoms with E-state index in [9.17, 15) is 0 Å². The molecule has 1 N–H and O–H groups in total. The van der Waals surface area contributed by atoms with Gasteiger partial charge in [0.2, 0.25) is 0 Å². The minimum atomic E-state index is 0.415. The number of nitrogens with one attached hydrogen (secondary N) is 1. The zero-order chi connectivity index (χ0) is 15.1. The predicted octanol–water partition coefficient (Wildman–Crippen LogP) is 2.84. The Labute approximate surface area is 126 Å². The van der Waals surface area contributed by atoms with Crippen LogP contribution in [0.4, 0.5) is 0 Å². The standard InChI is InChI=1S/C16H24N4O/c1-4-10-17-15(5-2)13-6-8-14(9-7-13)21-11-16-19-18-12-20(16)3/h6-9,12,15,17H,4-5,10-11H2,1-3H3. The molecule has 0 bridgehead atoms. The lowest BCUT2D eigenvalue weighted by Crippen LogP contribution is -2.21. The van der Waals surface area contributed by atoms with Crippen LogP contribution in [0.1, 0.15) is 44.1 Å². The Bertz CT molecular complexity index is 535. The average Bonchev–Trinajstić information content (AvgIpc) is 2.92. The SMILES string of the molecule is CCCNC(CC)c1ccc(OCc2nncn2C)cc1. The van der Waals surface area contributed by atoms with E-state index in [4.69, 9.17) is 4.74 Å². The van der Waals surface area contributed by atoms with Crippen LogP contribution < -0.4 is 10.1 Å². The molecule has 114 valence electrons. The lowest BCUT2D eigenvalue weighted by Gasteiger charge is -2.17. The Kier molecular flexibility index (Phi) is 5.75. The van der Waals surface area contributed by atoms with Crippen molar-refractivity contribution in [1.29, 1.82) is 0 Å². The van der Waals surface area contributed by atoms with E-state index < -0.39 is 0 Å². The van der Waals surface area contributed by atoms with E-state index in [0.29, 0.717) is 12.6 Å². The van der Waals surface area contributed by atoms with Crippen molar-refractivity contribution in [1.82, 2.24) is 20.1 Å². The van der Waals surface area contributed by atoms with Crippen molar-refractivity contribution in [2.75, 3.05) is 6.54 Å². The maximum Gasteiger partial charge on any atom is 0.170 e. The molecule has 1 atom stereocenters. The first-order valence-corrected chi connectivity index (χ1v) is 7.53. The van der Waals surface area contributed by atoms with Gasteiger partial charge in [-0.05, 0) is 37.1 Å². The normalized spacial score (nSPS) is 12.3. The van der Waals surface area contributed by atoms with Crippen molar-refractivity contribution in [2.24, 2.45) is 7.05 Å². The van der Waals surface area contributed by atoms with E-state index >= 15 is 0 Å². The first-order valence-electron chi connectivity index (χ1n) is 7.53. The third-order valence-electron chi connectivity index (χ3n) is 3.50. The Morgan fingerprint density at radius 3 is 2.57 bits per heavy atom. The molecule has 1 heterocycles. The molecule has 0 saturated heterocycles. The zero-order valence-electron chi connectivity index (χ0n) is 13.0. The van der Waals surface area contributed by atoms with Crippen LogP contribution in [0.5, 0.6) is 5.75 Å². The number of benzene rings is 1. The average molecular weight is 288 g/mol. The van der Waals surface area contributed by atoms with Gasteiger partial charge in [-0.1, -0.05) is 26.0 Å². The van der Waals surface area contributed by atoms with E-state index in [2.05, 4.69) is 41.5 Å². The molecule has 5 nitrogen and oxygen atoms in total. The van der Waals surface area contributed by atoms with Gasteiger partial charge in [0.1, 0.15) is 18.7 Å². The third-order valence-corrected chi connectivity index (χ3v) is 3.50. The van der Waals surface area contributed by atoms with Gasteiger partial charge in [0.05, 0.1) is 0 Å². The number of hydrogen-bond donors (Lipinski definition) is 1. The molecule has 0 spiro atoms. The maximum absolute atomic E-state index is 5.74. The fourth-order valence-corrected chi connectivity index (χ4v) is 2.20. The molecular weight excluding hydrogens is 264 g/mol. The summed E-state index contributed by atoms with van der Waals surface area (Å²) in [6, 6.07) is 8.70. The maximum atomic E-state index is 5.74. The van der Waals surface area contributed by atoms with Crippen LogP contribution in [0.25, 0.3) is 0 Å². The summed E-state index contributed by atoms with van der Waals surface area (Å²) in [6.07, 6.45) is 3.90. The summed E-state index contributed by atoms with van der Waals surface area (Å²) in [4.78, 5) is 0. The molecule has 0 aliphatic carbocycles. The molecule has 0 fully saturated rings. The van der Waals surface area contributed by atoms with Gasteiger partial charge in [0, 0.05) is 13.1 Å². The molecule has 0 radical (unpaired) electrons. The van der Waals surface area contributed by atoms with Gasteiger partial charge in [-0.3, -0.25) is 0 Å². The van der Waals surface area contributed by atoms with Crippen molar-refractivity contribution in [3.05, 3.63) is 42.0 Å². The molecule has 21 heavy (non-hydrogen) atoms. The predicted molar refractivity (Wildman–Crippen MR) is 83.1 cm³/mol. The van der Waals surface area contributed by atoms with E-state index in [-0.39, 0.29) is 0 Å². The summed E-state index contributed by atoms with van der Waals surface area (Å²) in [7, 11) is 1.91. The van der Waals surface area contributed by atoms with Crippen molar-refractivity contribution in [2.45, 2.75) is 39.3 Å². The van der Waals surface area contributed by atoms with E-state index in [1.807, 2.05) is 23.7 Å². The van der Waals surface area contributed by atoms with Crippen LogP contribution in [0, 0.1) is 0 Å². The third kappa shape index (κ3) is 4.29. The van der Waals surface area contributed by atoms with Gasteiger partial charge < -0.3 is 14.6 Å². The lowest BCUT2D eigenvalue weighted by atomic mass is 10.0. The number of hydrogen-bond acceptors (Lipinski definition) is 4. The van der Waals surface area contributed by atoms with Gasteiger partial charge >= 0.3 is 0 Å². The van der Waals surface area contributed by atoms with Gasteiger partial charge in [0.15, 0.2) is 5.82 Å². The summed E-state index contributed by atoms with van der Waals surface area (Å²) >= 11 is 0. The highest BCUT2D eigenvalue weighted by atomic mass is 16.5. The molecule has 1 unspecified atom stereocenters. The Balaban J connectivity index is 1.93. The molecule has 0 aliphatic heterocycles. The fraction of sp³-hybridized carbons (Fsp3) is 0.500. The van der Waals surface area contributed by atoms with Gasteiger partial charge in [-0.25, -0.2) is 0 Å². The molecular formula is C16H24N4O. The first-order chi connectivity index (χ1) is 10.2. The summed E-state index contributed by atoms with van der Waals surface area (Å²) in [5, 5.41) is 11.4. The minimum Gasteiger partial charge on any atom is -0.486 e. The Morgan fingerprint density at radius 2 is 2.00 bits per heavy atom. The van der Waals surface area contributed by atoms with Gasteiger partial charge in [-0.15, -0.1) is 10.2 Å². The quantitative estimate of drug-likeness (QED) is 0.811. The fourth-order valence-electron chi connectivity index (χ4n) is 2.20. The smallest absolute Gasteiger partial charge is 0.170 e. The topological polar surface area (TPSA) is 52.0 Å². The van der Waals surface area contributed by atoms with Crippen LogP contribution in [0.2, 0.25) is 0 Å². The lowest BCUT2D eigenvalue weighted by molar-refractivity contribution is 0.291. The largest absolute Gasteiger partial charge is 0.486 e. The van der Waals surface area contributed by atoms with Crippen molar-refractivity contribution < 1.29 is 4.74 Å². The highest BCUT2D eigenvalue weighted by molar-refractivity contribution is 5.29. The molecule has 0 saturated carbocycles. The molecule has 5 heteroatoms. The number of ether oxygens (including phenoxy) is 1. The van der Waals surface area contributed by atoms with Crippen molar-refractivity contribution in [3.8, 4) is 5.75 Å². The number of rotatable bonds is 8. The highest BCUT2D eigenvalue weighted by Gasteiger charge is 2.08. The highest BCUT2D eigenvalue weighted by Crippen LogP contribution is 2.20.